The number of carbonyl (C=O) groups excluding carboxylic acids is 1. The van der Waals surface area contributed by atoms with Gasteiger partial charge in [-0.15, -0.1) is 0 Å². The van der Waals surface area contributed by atoms with Crippen LogP contribution in [0.4, 0.5) is 11.4 Å². The van der Waals surface area contributed by atoms with E-state index in [0.29, 0.717) is 0 Å². The number of halogens is 4. The molecule has 0 heterocycles. The second kappa shape index (κ2) is 8.01. The van der Waals surface area contributed by atoms with E-state index in [9.17, 15) is 13.2 Å². The van der Waals surface area contributed by atoms with Crippen LogP contribution in [0.15, 0.2) is 36.4 Å². The summed E-state index contributed by atoms with van der Waals surface area (Å²) in [5, 5.41) is 3.41. The van der Waals surface area contributed by atoms with Crippen molar-refractivity contribution in [1.29, 1.82) is 0 Å². The molecule has 5 nitrogen and oxygen atoms in total. The van der Waals surface area contributed by atoms with Crippen molar-refractivity contribution in [2.75, 3.05) is 22.4 Å². The van der Waals surface area contributed by atoms with Gasteiger partial charge in [-0.3, -0.25) is 9.10 Å². The summed E-state index contributed by atoms with van der Waals surface area (Å²) in [6.07, 6.45) is 0.981. The van der Waals surface area contributed by atoms with E-state index < -0.39 is 22.5 Å². The monoisotopic (exact) mass is 440 g/mol. The molecule has 1 amide bonds. The van der Waals surface area contributed by atoms with E-state index in [0.717, 1.165) is 10.6 Å². The highest BCUT2D eigenvalue weighted by Crippen LogP contribution is 2.30. The Balaban J connectivity index is 2.27. The molecule has 2 aromatic rings. The lowest BCUT2D eigenvalue weighted by Gasteiger charge is -2.22. The summed E-state index contributed by atoms with van der Waals surface area (Å²) in [6, 6.07) is 8.99. The van der Waals surface area contributed by atoms with E-state index in [1.54, 1.807) is 18.2 Å². The summed E-state index contributed by atoms with van der Waals surface area (Å²) >= 11 is 23.7. The lowest BCUT2D eigenvalue weighted by Crippen LogP contribution is -2.37. The Labute approximate surface area is 165 Å². The lowest BCUT2D eigenvalue weighted by molar-refractivity contribution is -0.114. The van der Waals surface area contributed by atoms with Gasteiger partial charge in [0, 0.05) is 0 Å². The Morgan fingerprint density at radius 3 is 2.32 bits per heavy atom. The molecule has 0 aliphatic rings. The number of nitrogens with one attached hydrogen (secondary N) is 1. The van der Waals surface area contributed by atoms with Crippen LogP contribution in [0, 0.1) is 0 Å². The van der Waals surface area contributed by atoms with Gasteiger partial charge in [0.1, 0.15) is 6.54 Å². The Morgan fingerprint density at radius 2 is 1.72 bits per heavy atom. The third kappa shape index (κ3) is 5.15. The molecule has 2 aromatic carbocycles. The van der Waals surface area contributed by atoms with Crippen molar-refractivity contribution >= 4 is 73.7 Å². The Hall–Kier alpha value is -1.18. The van der Waals surface area contributed by atoms with Crippen molar-refractivity contribution in [1.82, 2.24) is 0 Å². The standard InChI is InChI=1S/C15H12Cl4N2O3S/c1-25(23,24)21(9-5-6-10(16)12(18)7-9)8-14(22)20-13-4-2-3-11(17)15(13)19/h2-7H,8H2,1H3,(H,20,22). The minimum absolute atomic E-state index is 0.165. The topological polar surface area (TPSA) is 66.5 Å². The van der Waals surface area contributed by atoms with Crippen LogP contribution in [0.5, 0.6) is 0 Å². The van der Waals surface area contributed by atoms with Gasteiger partial charge in [-0.25, -0.2) is 8.42 Å². The molecule has 0 saturated heterocycles. The number of carbonyl (C=O) groups is 1. The van der Waals surface area contributed by atoms with Crippen molar-refractivity contribution in [3.05, 3.63) is 56.5 Å². The van der Waals surface area contributed by atoms with Crippen LogP contribution in [0.2, 0.25) is 20.1 Å². The largest absolute Gasteiger partial charge is 0.323 e. The van der Waals surface area contributed by atoms with Gasteiger partial charge in [-0.2, -0.15) is 0 Å². The minimum Gasteiger partial charge on any atom is -0.323 e. The van der Waals surface area contributed by atoms with Crippen LogP contribution >= 0.6 is 46.4 Å². The van der Waals surface area contributed by atoms with Crippen molar-refractivity contribution in [3.63, 3.8) is 0 Å². The van der Waals surface area contributed by atoms with Crippen LogP contribution < -0.4 is 9.62 Å². The quantitative estimate of drug-likeness (QED) is 0.730. The Morgan fingerprint density at radius 1 is 1.04 bits per heavy atom. The van der Waals surface area contributed by atoms with E-state index in [1.807, 2.05) is 0 Å². The van der Waals surface area contributed by atoms with E-state index in [2.05, 4.69) is 5.32 Å². The number of anilines is 2. The first kappa shape index (κ1) is 20.1. The molecule has 0 aromatic heterocycles. The van der Waals surface area contributed by atoms with Gasteiger partial charge in [0.15, 0.2) is 0 Å². The molecular formula is C15H12Cl4N2O3S. The van der Waals surface area contributed by atoms with Crippen LogP contribution in [0.1, 0.15) is 0 Å². The number of sulfonamides is 1. The molecule has 0 bridgehead atoms. The molecule has 0 saturated carbocycles. The lowest BCUT2D eigenvalue weighted by atomic mass is 10.3. The van der Waals surface area contributed by atoms with Gasteiger partial charge in [0.05, 0.1) is 37.7 Å². The molecule has 0 aliphatic heterocycles. The zero-order chi connectivity index (χ0) is 18.8. The predicted molar refractivity (Wildman–Crippen MR) is 104 cm³/mol. The normalized spacial score (nSPS) is 11.2. The van der Waals surface area contributed by atoms with Gasteiger partial charge < -0.3 is 5.32 Å². The van der Waals surface area contributed by atoms with Crippen LogP contribution in [0.3, 0.4) is 0 Å². The fourth-order valence-corrected chi connectivity index (χ4v) is 3.45. The molecule has 1 N–H and O–H groups in total. The SMILES string of the molecule is CS(=O)(=O)N(CC(=O)Nc1cccc(Cl)c1Cl)c1ccc(Cl)c(Cl)c1. The van der Waals surface area contributed by atoms with Gasteiger partial charge in [0.25, 0.3) is 0 Å². The molecule has 0 unspecified atom stereocenters. The second-order valence-corrected chi connectivity index (χ2v) is 8.52. The van der Waals surface area contributed by atoms with Crippen LogP contribution in [-0.4, -0.2) is 27.1 Å². The zero-order valence-corrected chi connectivity index (χ0v) is 16.6. The van der Waals surface area contributed by atoms with Crippen molar-refractivity contribution in [2.45, 2.75) is 0 Å². The highest BCUT2D eigenvalue weighted by molar-refractivity contribution is 7.92. The molecule has 2 rings (SSSR count). The van der Waals surface area contributed by atoms with Gasteiger partial charge in [-0.05, 0) is 30.3 Å². The number of rotatable bonds is 5. The van der Waals surface area contributed by atoms with Crippen molar-refractivity contribution in [3.8, 4) is 0 Å². The fraction of sp³-hybridized carbons (Fsp3) is 0.133. The maximum absolute atomic E-state index is 12.3. The molecule has 134 valence electrons. The number of amides is 1. The molecule has 10 heteroatoms. The minimum atomic E-state index is -3.74. The summed E-state index contributed by atoms with van der Waals surface area (Å²) in [4.78, 5) is 12.3. The Bertz CT molecular complexity index is 919. The van der Waals surface area contributed by atoms with Crippen LogP contribution in [-0.2, 0) is 14.8 Å². The maximum Gasteiger partial charge on any atom is 0.245 e. The summed E-state index contributed by atoms with van der Waals surface area (Å²) in [6.45, 7) is -0.473. The van der Waals surface area contributed by atoms with Crippen LogP contribution in [0.25, 0.3) is 0 Å². The summed E-state index contributed by atoms with van der Waals surface area (Å²) in [5.41, 5.74) is 0.492. The average Bonchev–Trinajstić information content (AvgIpc) is 2.51. The van der Waals surface area contributed by atoms with Crippen molar-refractivity contribution in [2.24, 2.45) is 0 Å². The molecule has 0 radical (unpaired) electrons. The van der Waals surface area contributed by atoms with E-state index in [4.69, 9.17) is 46.4 Å². The van der Waals surface area contributed by atoms with Gasteiger partial charge in [-0.1, -0.05) is 52.5 Å². The first-order valence-electron chi connectivity index (χ1n) is 6.76. The summed E-state index contributed by atoms with van der Waals surface area (Å²) in [5.74, 6) is -0.597. The zero-order valence-electron chi connectivity index (χ0n) is 12.8. The highest BCUT2D eigenvalue weighted by atomic mass is 35.5. The maximum atomic E-state index is 12.3. The predicted octanol–water partition coefficient (Wildman–Crippen LogP) is 4.70. The molecular weight excluding hydrogens is 430 g/mol. The highest BCUT2D eigenvalue weighted by Gasteiger charge is 2.22. The first-order valence-corrected chi connectivity index (χ1v) is 10.1. The molecule has 0 fully saturated rings. The smallest absolute Gasteiger partial charge is 0.245 e. The first-order chi connectivity index (χ1) is 11.6. The average molecular weight is 442 g/mol. The van der Waals surface area contributed by atoms with Crippen molar-refractivity contribution < 1.29 is 13.2 Å². The summed E-state index contributed by atoms with van der Waals surface area (Å²) < 4.78 is 25.0. The third-order valence-corrected chi connectivity index (χ3v) is 5.80. The van der Waals surface area contributed by atoms with E-state index in [1.165, 1.54) is 18.2 Å². The number of hydrogen-bond donors (Lipinski definition) is 1. The number of benzene rings is 2. The van der Waals surface area contributed by atoms with Gasteiger partial charge >= 0.3 is 0 Å². The number of nitrogens with zero attached hydrogens (tertiary/aromatic N) is 1. The second-order valence-electron chi connectivity index (χ2n) is 5.02. The molecule has 0 aliphatic carbocycles. The molecule has 25 heavy (non-hydrogen) atoms. The molecule has 0 spiro atoms. The van der Waals surface area contributed by atoms with E-state index >= 15 is 0 Å². The fourth-order valence-electron chi connectivity index (χ4n) is 1.96. The molecule has 0 atom stereocenters. The number of hydrogen-bond acceptors (Lipinski definition) is 3. The van der Waals surface area contributed by atoms with Gasteiger partial charge in [0.2, 0.25) is 15.9 Å². The van der Waals surface area contributed by atoms with E-state index in [-0.39, 0.29) is 31.5 Å². The third-order valence-electron chi connectivity index (χ3n) is 3.10. The Kier molecular flexibility index (Phi) is 6.45. The summed E-state index contributed by atoms with van der Waals surface area (Å²) in [7, 11) is -3.74.